The molecule has 0 aliphatic carbocycles. The van der Waals surface area contributed by atoms with Crippen molar-refractivity contribution in [1.82, 2.24) is 30.2 Å². The van der Waals surface area contributed by atoms with Crippen LogP contribution in [0, 0.1) is 45.3 Å². The summed E-state index contributed by atoms with van der Waals surface area (Å²) in [6.07, 6.45) is -16.2. The third kappa shape index (κ3) is 39.5. The molecule has 12 rings (SSSR count). The molecule has 3 amide bonds. The summed E-state index contributed by atoms with van der Waals surface area (Å²) in [7, 11) is 7.49. The van der Waals surface area contributed by atoms with Crippen LogP contribution in [-0.2, 0) is 39.1 Å². The first-order valence-corrected chi connectivity index (χ1v) is 48.3. The molecule has 732 valence electrons. The number of alkyl halides is 15. The van der Waals surface area contributed by atoms with E-state index in [9.17, 15) is 72.2 Å². The minimum atomic E-state index is -4.55. The fraction of sp³-hybridized carbons (Fsp3) is 0.295. The number of nitrogens with zero attached hydrogens (tertiary/aromatic N) is 13. The van der Waals surface area contributed by atoms with Gasteiger partial charge in [-0.15, -0.1) is 45.3 Å². The molecule has 8 aromatic carbocycles. The van der Waals surface area contributed by atoms with Gasteiger partial charge in [0.2, 0.25) is 17.7 Å². The number of aromatic nitrogens is 4. The van der Waals surface area contributed by atoms with E-state index in [2.05, 4.69) is 109 Å². The van der Waals surface area contributed by atoms with Crippen LogP contribution >= 0.6 is 99.8 Å². The second-order valence-corrected chi connectivity index (χ2v) is 33.8. The number of carbonyl (C=O) groups is 3. The Kier molecular flexibility index (Phi) is 53.5. The maximum atomic E-state index is 13.4. The quantitative estimate of drug-likeness (QED) is 0.0105. The van der Waals surface area contributed by atoms with Crippen LogP contribution in [0.1, 0.15) is 97.9 Å². The van der Waals surface area contributed by atoms with Crippen LogP contribution in [0.4, 0.5) is 96.0 Å². The lowest BCUT2D eigenvalue weighted by Crippen LogP contribution is -3.00. The molecule has 22 nitrogen and oxygen atoms in total. The highest BCUT2D eigenvalue weighted by atomic mass is 127. The van der Waals surface area contributed by atoms with E-state index in [1.54, 1.807) is 126 Å². The molecule has 0 saturated carbocycles. The number of hydrogen-bond acceptors (Lipinski definition) is 22. The number of anilines is 8. The van der Waals surface area contributed by atoms with Gasteiger partial charge in [0.15, 0.2) is 20.5 Å². The van der Waals surface area contributed by atoms with Crippen molar-refractivity contribution in [2.75, 3.05) is 123 Å². The Bertz CT molecular complexity index is 5920. The van der Waals surface area contributed by atoms with Crippen molar-refractivity contribution in [1.29, 1.82) is 21.0 Å². The van der Waals surface area contributed by atoms with Crippen LogP contribution in [0.25, 0.3) is 45.0 Å². The number of aliphatic hydroxyl groups excluding tert-OH is 3. The standard InChI is InChI=1S/C25H26F3N4O2S.C24H23F3N4O2S.C21H15BrF3N3OS.C17H10F3N3S.C3H9NO.C2H6BrN.CH3I.2CH4.HI/c1-32(2,12-13-33)11-5-10-23(34)31(21-9-4-8-20(15-21)25(26,27)28)24-30-22(17-35-24)19-7-3-6-18(14-19)16-29;1-30(11-12-32)10-4-9-22(33)31(20-8-3-7-19(14-20)24(25,26)27)23-29-21(16-34-23)18-6-2-5-17(13-18)15-28;22-9-3-8-19(29)28(17-7-2-6-16(11-17)21(23,24)25)20-27-18(13-30-20)15-5-1-4-14(10-15)12-26;18-17(19,20)13-5-2-6-14(8-13)22-16-23-15(10-24-16)12-4-1-3-11(7-12)9-21;1-4-2-3-5;3-1-2-4;1-2;;;/h3-4,6-9,14-15,17,33H,5,10-13H2,1-2H3;2-3,5-8,13-14,16,32H,4,9-12H2,1H3;1-2,4-7,10-11,13H,3,8-9H2;1-8,10H,(H,22,23);4-5H,2-3H2,1H3;1-2,4H2;1H3;2*1H4;1H/q+1;;;;;;;;;/p-1. The lowest BCUT2D eigenvalue weighted by molar-refractivity contribution is -0.890. The van der Waals surface area contributed by atoms with Crippen LogP contribution in [0.3, 0.4) is 0 Å². The van der Waals surface area contributed by atoms with Crippen molar-refractivity contribution in [3.8, 4) is 69.3 Å². The van der Waals surface area contributed by atoms with E-state index < -0.39 is 47.0 Å². The molecule has 0 spiro atoms. The van der Waals surface area contributed by atoms with Gasteiger partial charge in [-0.3, -0.25) is 29.1 Å². The van der Waals surface area contributed by atoms with Crippen molar-refractivity contribution < 1.29 is 111 Å². The summed E-state index contributed by atoms with van der Waals surface area (Å²) < 4.78 is 158. The first kappa shape index (κ1) is 121. The molecular formula is C95H100Br2F12I2N16O6S4. The van der Waals surface area contributed by atoms with E-state index in [0.29, 0.717) is 134 Å². The number of aliphatic hydroxyl groups is 3. The van der Waals surface area contributed by atoms with Crippen molar-refractivity contribution in [3.05, 3.63) is 260 Å². The highest BCUT2D eigenvalue weighted by Crippen LogP contribution is 2.42. The zero-order chi connectivity index (χ0) is 98.8. The number of benzene rings is 8. The molecule has 4 heterocycles. The fourth-order valence-corrected chi connectivity index (χ4v) is 15.5. The Balaban J connectivity index is 0.000000452. The molecule has 137 heavy (non-hydrogen) atoms. The largest absolute Gasteiger partial charge is 1.00 e. The average molecular weight is 2330 g/mol. The van der Waals surface area contributed by atoms with Gasteiger partial charge in [-0.05, 0) is 160 Å². The Morgan fingerprint density at radius 1 is 0.445 bits per heavy atom. The second-order valence-electron chi connectivity index (χ2n) is 28.8. The molecule has 0 aliphatic heterocycles. The number of nitriles is 4. The van der Waals surface area contributed by atoms with Gasteiger partial charge in [0.25, 0.3) is 0 Å². The number of rotatable bonds is 30. The lowest BCUT2D eigenvalue weighted by atomic mass is 10.1. The first-order valence-electron chi connectivity index (χ1n) is 40.4. The molecule has 4 aromatic heterocycles. The van der Waals surface area contributed by atoms with Crippen LogP contribution < -0.4 is 55.0 Å². The first-order chi connectivity index (χ1) is 63.9. The molecule has 0 radical (unpaired) electrons. The Morgan fingerprint density at radius 3 is 1.07 bits per heavy atom. The smallest absolute Gasteiger partial charge is 0.416 e. The van der Waals surface area contributed by atoms with Gasteiger partial charge in [0, 0.05) is 105 Å². The third-order valence-electron chi connectivity index (χ3n) is 18.5. The van der Waals surface area contributed by atoms with E-state index >= 15 is 0 Å². The van der Waals surface area contributed by atoms with Crippen LogP contribution in [-0.4, -0.2) is 165 Å². The number of halogens is 16. The van der Waals surface area contributed by atoms with Gasteiger partial charge >= 0.3 is 24.7 Å². The summed E-state index contributed by atoms with van der Waals surface area (Å²) in [5, 5.41) is 77.8. The molecular weight excluding hydrogens is 2230 g/mol. The number of carbonyl (C=O) groups excluding carboxylic acids is 3. The van der Waals surface area contributed by atoms with Gasteiger partial charge in [-0.2, -0.15) is 73.7 Å². The van der Waals surface area contributed by atoms with Crippen molar-refractivity contribution in [2.45, 2.75) is 78.1 Å². The highest BCUT2D eigenvalue weighted by molar-refractivity contribution is 14.1. The third-order valence-corrected chi connectivity index (χ3v) is 22.7. The highest BCUT2D eigenvalue weighted by Gasteiger charge is 2.36. The van der Waals surface area contributed by atoms with Crippen LogP contribution in [0.2, 0.25) is 0 Å². The Labute approximate surface area is 851 Å². The molecule has 0 bridgehead atoms. The number of hydrogen-bond donors (Lipinski definition) is 6. The number of quaternary nitrogens is 1. The van der Waals surface area contributed by atoms with E-state index in [1.165, 1.54) is 68.5 Å². The van der Waals surface area contributed by atoms with Gasteiger partial charge < -0.3 is 65.0 Å². The monoisotopic (exact) mass is 2330 g/mol. The van der Waals surface area contributed by atoms with Crippen molar-refractivity contribution in [3.63, 3.8) is 0 Å². The summed E-state index contributed by atoms with van der Waals surface area (Å²) in [4.78, 5) is 64.7. The number of nitrogens with one attached hydrogen (secondary N) is 2. The van der Waals surface area contributed by atoms with E-state index in [4.69, 9.17) is 37.0 Å². The normalized spacial score (nSPS) is 10.8. The number of amides is 3. The molecule has 0 unspecified atom stereocenters. The zero-order valence-electron chi connectivity index (χ0n) is 72.9. The summed E-state index contributed by atoms with van der Waals surface area (Å²) in [5.41, 5.74) is 9.23. The average Bonchev–Trinajstić information content (AvgIpc) is 1.74. The number of nitrogens with two attached hydrogens (primary N) is 1. The topological polar surface area (TPSA) is 322 Å². The molecule has 0 atom stereocenters. The molecule has 0 aliphatic rings. The van der Waals surface area contributed by atoms with Crippen LogP contribution in [0.15, 0.2) is 216 Å². The molecule has 0 fully saturated rings. The predicted octanol–water partition coefficient (Wildman–Crippen LogP) is 21.1. The van der Waals surface area contributed by atoms with Gasteiger partial charge in [0.05, 0.1) is 149 Å². The zero-order valence-corrected chi connectivity index (χ0v) is 83.7. The van der Waals surface area contributed by atoms with Crippen molar-refractivity contribution >= 4 is 161 Å². The minimum absolute atomic E-state index is 0. The SMILES string of the molecule is C.C.CI.CN(CCO)CCCC(=O)N(c1cccc(C(F)(F)F)c1)c1nc(-c2cccc(C#N)c2)cs1.CNCCO.C[N+](C)(CCO)CCCC(=O)N(c1cccc(C(F)(F)F)c1)c1nc(-c2cccc(C#N)c2)cs1.N#Cc1cccc(-c2csc(N(C(=O)CCCBr)c3cccc(C(F)(F)F)c3)n2)c1.N#Cc1cccc(-c2csc(Nc3cccc(C(F)(F)F)c3)n2)c1.NCCBr.[I-]. The maximum absolute atomic E-state index is 13.4. The Hall–Kier alpha value is -10.3. The summed E-state index contributed by atoms with van der Waals surface area (Å²) in [5.74, 6) is -1.11. The van der Waals surface area contributed by atoms with E-state index in [1.807, 2.05) is 37.0 Å². The number of likely N-dealkylation sites (N-methyl/N-ethyl adjacent to an activating group) is 3. The van der Waals surface area contributed by atoms with Gasteiger partial charge in [-0.1, -0.05) is 142 Å². The lowest BCUT2D eigenvalue weighted by Gasteiger charge is -2.29. The molecule has 12 aromatic rings. The fourth-order valence-electron chi connectivity index (χ4n) is 11.9. The van der Waals surface area contributed by atoms with Gasteiger partial charge in [-0.25, -0.2) is 19.9 Å². The summed E-state index contributed by atoms with van der Waals surface area (Å²) >= 11 is 13.3. The molecule has 42 heteroatoms. The molecule has 0 saturated heterocycles. The maximum Gasteiger partial charge on any atom is 0.416 e. The number of thiazole rings is 4. The van der Waals surface area contributed by atoms with Crippen LogP contribution in [0.5, 0.6) is 0 Å². The summed E-state index contributed by atoms with van der Waals surface area (Å²) in [6.45, 7) is 3.84. The predicted molar refractivity (Wildman–Crippen MR) is 532 cm³/mol. The summed E-state index contributed by atoms with van der Waals surface area (Å²) in [6, 6.07) is 54.5. The van der Waals surface area contributed by atoms with E-state index in [0.717, 1.165) is 100.0 Å². The second kappa shape index (κ2) is 60.6. The van der Waals surface area contributed by atoms with E-state index in [-0.39, 0.29) is 128 Å². The Morgan fingerprint density at radius 2 is 0.766 bits per heavy atom. The van der Waals surface area contributed by atoms with Crippen molar-refractivity contribution in [2.24, 2.45) is 5.73 Å². The minimum Gasteiger partial charge on any atom is -1.00 e. The molecule has 7 N–H and O–H groups in total. The van der Waals surface area contributed by atoms with Gasteiger partial charge in [0.1, 0.15) is 6.54 Å².